The molecule has 2 aromatic rings. The van der Waals surface area contributed by atoms with E-state index in [9.17, 15) is 0 Å². The first-order valence-corrected chi connectivity index (χ1v) is 7.91. The monoisotopic (exact) mass is 390 g/mol. The van der Waals surface area contributed by atoms with Gasteiger partial charge in [-0.15, -0.1) is 0 Å². The molecular formula is C19H28N2Pd. The molecule has 0 aliphatic rings. The van der Waals surface area contributed by atoms with E-state index in [4.69, 9.17) is 5.10 Å². The summed E-state index contributed by atoms with van der Waals surface area (Å²) in [5, 5.41) is 4.74. The molecule has 0 amide bonds. The first-order valence-electron chi connectivity index (χ1n) is 7.91. The summed E-state index contributed by atoms with van der Waals surface area (Å²) in [6, 6.07) is 5.06. The van der Waals surface area contributed by atoms with Gasteiger partial charge in [0.25, 0.3) is 0 Å². The molecule has 0 atom stereocenters. The molecule has 1 heterocycles. The Morgan fingerprint density at radius 3 is 1.73 bits per heavy atom. The van der Waals surface area contributed by atoms with E-state index in [2.05, 4.69) is 72.2 Å². The van der Waals surface area contributed by atoms with Gasteiger partial charge in [0, 0.05) is 37.7 Å². The predicted octanol–water partition coefficient (Wildman–Crippen LogP) is 5.49. The van der Waals surface area contributed by atoms with Crippen molar-refractivity contribution in [2.75, 3.05) is 0 Å². The SMILES string of the molecule is Cc1cc(C(C)C)cc(C)c1-c1c(C)nn(C(C)C)c1C.[Pd]. The van der Waals surface area contributed by atoms with Crippen molar-refractivity contribution in [3.8, 4) is 11.1 Å². The molecule has 0 fully saturated rings. The van der Waals surface area contributed by atoms with Crippen LogP contribution in [0.4, 0.5) is 0 Å². The standard InChI is InChI=1S/C19H28N2.Pd/c1-11(2)17-9-13(5)18(14(6)10-17)19-15(7)20-21(12(3)4)16(19)8;/h9-12H,1-8H3;. The summed E-state index contributed by atoms with van der Waals surface area (Å²) in [6.45, 7) is 17.6. The maximum absolute atomic E-state index is 4.74. The maximum atomic E-state index is 4.74. The Morgan fingerprint density at radius 2 is 1.36 bits per heavy atom. The fourth-order valence-corrected chi connectivity index (χ4v) is 3.25. The second-order valence-electron chi connectivity index (χ2n) is 6.77. The molecule has 1 aromatic carbocycles. The molecule has 0 N–H and O–H groups in total. The van der Waals surface area contributed by atoms with Crippen molar-refractivity contribution >= 4 is 0 Å². The van der Waals surface area contributed by atoms with Gasteiger partial charge < -0.3 is 0 Å². The van der Waals surface area contributed by atoms with Gasteiger partial charge in [0.1, 0.15) is 0 Å². The molecule has 0 saturated carbocycles. The van der Waals surface area contributed by atoms with Crippen molar-refractivity contribution in [3.63, 3.8) is 0 Å². The first-order chi connectivity index (χ1) is 9.73. The second kappa shape index (κ2) is 7.11. The normalized spacial score (nSPS) is 11.2. The molecule has 0 spiro atoms. The van der Waals surface area contributed by atoms with Crippen molar-refractivity contribution in [1.82, 2.24) is 9.78 Å². The van der Waals surface area contributed by atoms with Crippen LogP contribution in [-0.2, 0) is 20.4 Å². The van der Waals surface area contributed by atoms with Crippen molar-refractivity contribution in [3.05, 3.63) is 40.2 Å². The zero-order valence-corrected chi connectivity index (χ0v) is 16.6. The van der Waals surface area contributed by atoms with Crippen LogP contribution in [-0.4, -0.2) is 9.78 Å². The minimum absolute atomic E-state index is 0. The molecular weight excluding hydrogens is 363 g/mol. The molecule has 0 saturated heterocycles. The molecule has 0 unspecified atom stereocenters. The molecule has 0 aliphatic heterocycles. The van der Waals surface area contributed by atoms with Crippen LogP contribution in [0, 0.1) is 27.7 Å². The largest absolute Gasteiger partial charge is 0.266 e. The van der Waals surface area contributed by atoms with Crippen molar-refractivity contribution in [2.24, 2.45) is 0 Å². The van der Waals surface area contributed by atoms with E-state index < -0.39 is 0 Å². The van der Waals surface area contributed by atoms with E-state index >= 15 is 0 Å². The average Bonchev–Trinajstić information content (AvgIpc) is 2.65. The van der Waals surface area contributed by atoms with Gasteiger partial charge in [0.15, 0.2) is 0 Å². The number of aryl methyl sites for hydroxylation is 3. The van der Waals surface area contributed by atoms with E-state index in [0.29, 0.717) is 12.0 Å². The van der Waals surface area contributed by atoms with Crippen LogP contribution >= 0.6 is 0 Å². The zero-order chi connectivity index (χ0) is 15.9. The number of rotatable bonds is 3. The minimum Gasteiger partial charge on any atom is -0.266 e. The smallest absolute Gasteiger partial charge is 0.0675 e. The van der Waals surface area contributed by atoms with E-state index in [1.165, 1.54) is 33.5 Å². The second-order valence-corrected chi connectivity index (χ2v) is 6.77. The third-order valence-electron chi connectivity index (χ3n) is 4.29. The molecule has 22 heavy (non-hydrogen) atoms. The van der Waals surface area contributed by atoms with Crippen LogP contribution in [0.25, 0.3) is 11.1 Å². The Balaban J connectivity index is 0.00000242. The van der Waals surface area contributed by atoms with Gasteiger partial charge in [-0.05, 0) is 69.7 Å². The molecule has 3 heteroatoms. The molecule has 1 aromatic heterocycles. The topological polar surface area (TPSA) is 17.8 Å². The van der Waals surface area contributed by atoms with Gasteiger partial charge in [-0.1, -0.05) is 26.0 Å². The number of benzene rings is 1. The fraction of sp³-hybridized carbons (Fsp3) is 0.526. The van der Waals surface area contributed by atoms with Gasteiger partial charge in [0.05, 0.1) is 5.69 Å². The number of aromatic nitrogens is 2. The van der Waals surface area contributed by atoms with E-state index in [-0.39, 0.29) is 20.4 Å². The summed E-state index contributed by atoms with van der Waals surface area (Å²) in [5.74, 6) is 0.567. The van der Waals surface area contributed by atoms with Crippen molar-refractivity contribution in [2.45, 2.75) is 67.3 Å². The third-order valence-corrected chi connectivity index (χ3v) is 4.29. The zero-order valence-electron chi connectivity index (χ0n) is 15.0. The summed E-state index contributed by atoms with van der Waals surface area (Å²) in [4.78, 5) is 0. The third kappa shape index (κ3) is 3.37. The predicted molar refractivity (Wildman–Crippen MR) is 91.1 cm³/mol. The van der Waals surface area contributed by atoms with E-state index in [1.54, 1.807) is 0 Å². The summed E-state index contributed by atoms with van der Waals surface area (Å²) < 4.78 is 2.14. The van der Waals surface area contributed by atoms with Crippen LogP contribution in [0.5, 0.6) is 0 Å². The van der Waals surface area contributed by atoms with Gasteiger partial charge in [0.2, 0.25) is 0 Å². The Kier molecular flexibility index (Phi) is 6.19. The first kappa shape index (κ1) is 19.1. The molecule has 0 bridgehead atoms. The minimum atomic E-state index is 0. The maximum Gasteiger partial charge on any atom is 0.0675 e. The van der Waals surface area contributed by atoms with Gasteiger partial charge >= 0.3 is 0 Å². The molecule has 124 valence electrons. The Morgan fingerprint density at radius 1 is 0.864 bits per heavy atom. The summed E-state index contributed by atoms with van der Waals surface area (Å²) >= 11 is 0. The quantitative estimate of drug-likeness (QED) is 0.634. The van der Waals surface area contributed by atoms with Crippen LogP contribution in [0.3, 0.4) is 0 Å². The van der Waals surface area contributed by atoms with E-state index in [1.807, 2.05) is 0 Å². The Hall–Kier alpha value is -0.908. The van der Waals surface area contributed by atoms with Gasteiger partial charge in [-0.2, -0.15) is 5.10 Å². The molecule has 0 radical (unpaired) electrons. The summed E-state index contributed by atoms with van der Waals surface area (Å²) in [5.41, 5.74) is 9.20. The van der Waals surface area contributed by atoms with E-state index in [0.717, 1.165) is 5.69 Å². The molecule has 0 aliphatic carbocycles. The van der Waals surface area contributed by atoms with Crippen LogP contribution in [0.15, 0.2) is 12.1 Å². The average molecular weight is 391 g/mol. The number of hydrogen-bond donors (Lipinski definition) is 0. The van der Waals surface area contributed by atoms with Gasteiger partial charge in [-0.25, -0.2) is 0 Å². The van der Waals surface area contributed by atoms with Crippen molar-refractivity contribution < 1.29 is 20.4 Å². The number of hydrogen-bond acceptors (Lipinski definition) is 1. The molecule has 2 rings (SSSR count). The van der Waals surface area contributed by atoms with Crippen molar-refractivity contribution in [1.29, 1.82) is 0 Å². The number of nitrogens with zero attached hydrogens (tertiary/aromatic N) is 2. The van der Waals surface area contributed by atoms with Gasteiger partial charge in [-0.3, -0.25) is 4.68 Å². The summed E-state index contributed by atoms with van der Waals surface area (Å²) in [6.07, 6.45) is 0. The Bertz CT molecular complexity index is 643. The van der Waals surface area contributed by atoms with Crippen LogP contribution in [0.2, 0.25) is 0 Å². The molecule has 2 nitrogen and oxygen atoms in total. The van der Waals surface area contributed by atoms with Crippen LogP contribution < -0.4 is 0 Å². The Labute approximate surface area is 149 Å². The summed E-state index contributed by atoms with van der Waals surface area (Å²) in [7, 11) is 0. The fourth-order valence-electron chi connectivity index (χ4n) is 3.25. The van der Waals surface area contributed by atoms with Crippen LogP contribution in [0.1, 0.15) is 67.7 Å².